The molecule has 27 heavy (non-hydrogen) atoms. The van der Waals surface area contributed by atoms with E-state index < -0.39 is 0 Å². The second-order valence-corrected chi connectivity index (χ2v) is 8.01. The van der Waals surface area contributed by atoms with E-state index in [0.29, 0.717) is 6.42 Å². The van der Waals surface area contributed by atoms with Gasteiger partial charge in [-0.05, 0) is 36.2 Å². The van der Waals surface area contributed by atoms with Crippen LogP contribution in [0.15, 0.2) is 95.5 Å². The predicted molar refractivity (Wildman–Crippen MR) is 114 cm³/mol. The van der Waals surface area contributed by atoms with Crippen molar-refractivity contribution >= 4 is 34.8 Å². The van der Waals surface area contributed by atoms with Crippen LogP contribution in [-0.4, -0.2) is 5.78 Å². The molecule has 0 fully saturated rings. The normalized spacial score (nSPS) is 16.4. The van der Waals surface area contributed by atoms with Crippen molar-refractivity contribution in [3.8, 4) is 0 Å². The Morgan fingerprint density at radius 3 is 2.19 bits per heavy atom. The number of carbonyl (C=O) groups excluding carboxylic acids is 1. The minimum absolute atomic E-state index is 0.0815. The lowest BCUT2D eigenvalue weighted by Crippen LogP contribution is -2.07. The maximum absolute atomic E-state index is 13.1. The van der Waals surface area contributed by atoms with Gasteiger partial charge >= 0.3 is 0 Å². The summed E-state index contributed by atoms with van der Waals surface area (Å²) in [4.78, 5) is 13.1. The van der Waals surface area contributed by atoms with Crippen molar-refractivity contribution in [3.05, 3.63) is 112 Å². The number of para-hydroxylation sites is 1. The first kappa shape index (κ1) is 17.9. The van der Waals surface area contributed by atoms with Crippen molar-refractivity contribution in [2.24, 2.45) is 0 Å². The molecule has 0 saturated carbocycles. The largest absolute Gasteiger partial charge is 0.350 e. The Labute approximate surface area is 168 Å². The van der Waals surface area contributed by atoms with E-state index in [-0.39, 0.29) is 11.0 Å². The number of Topliss-reactive ketones (excluding diaryl/α,β-unsaturated/α-hetero) is 1. The monoisotopic (exact) mass is 391 g/mol. The summed E-state index contributed by atoms with van der Waals surface area (Å²) in [5.41, 5.74) is 3.70. The van der Waals surface area contributed by atoms with Crippen LogP contribution >= 0.6 is 23.4 Å². The molecule has 1 atom stereocenters. The van der Waals surface area contributed by atoms with Crippen molar-refractivity contribution in [3.63, 3.8) is 0 Å². The first-order chi connectivity index (χ1) is 13.2. The Balaban J connectivity index is 1.66. The number of allylic oxidation sites excluding steroid dienone is 1. The lowest BCUT2D eigenvalue weighted by molar-refractivity contribution is 0.103. The molecular weight excluding hydrogens is 374 g/mol. The number of nitrogens with one attached hydrogen (secondary N) is 1. The van der Waals surface area contributed by atoms with Crippen LogP contribution in [0.2, 0.25) is 5.02 Å². The van der Waals surface area contributed by atoms with Gasteiger partial charge in [0.1, 0.15) is 0 Å². The molecule has 0 bridgehead atoms. The van der Waals surface area contributed by atoms with Crippen LogP contribution in [0, 0.1) is 0 Å². The van der Waals surface area contributed by atoms with Gasteiger partial charge in [-0.25, -0.2) is 0 Å². The molecule has 0 aromatic heterocycles. The number of carbonyl (C=O) groups is 1. The zero-order valence-corrected chi connectivity index (χ0v) is 16.1. The third-order valence-corrected chi connectivity index (χ3v) is 6.07. The molecule has 4 heteroatoms. The second-order valence-electron chi connectivity index (χ2n) is 6.36. The number of anilines is 1. The van der Waals surface area contributed by atoms with E-state index in [1.165, 1.54) is 5.56 Å². The van der Waals surface area contributed by atoms with Crippen molar-refractivity contribution in [1.29, 1.82) is 0 Å². The van der Waals surface area contributed by atoms with Crippen LogP contribution in [-0.2, 0) is 0 Å². The fraction of sp³-hybridized carbons (Fsp3) is 0.0870. The van der Waals surface area contributed by atoms with Crippen molar-refractivity contribution in [1.82, 2.24) is 0 Å². The van der Waals surface area contributed by atoms with Gasteiger partial charge in [0, 0.05) is 27.1 Å². The average molecular weight is 392 g/mol. The number of hydrogen-bond acceptors (Lipinski definition) is 3. The molecule has 1 aliphatic rings. The smallest absolute Gasteiger partial charge is 0.191 e. The second kappa shape index (κ2) is 8.03. The van der Waals surface area contributed by atoms with Gasteiger partial charge in [-0.2, -0.15) is 0 Å². The molecule has 1 aliphatic heterocycles. The Kier molecular flexibility index (Phi) is 5.33. The van der Waals surface area contributed by atoms with Gasteiger partial charge in [-0.15, -0.1) is 0 Å². The zero-order valence-electron chi connectivity index (χ0n) is 14.6. The molecule has 134 valence electrons. The summed E-state index contributed by atoms with van der Waals surface area (Å²) < 4.78 is 0. The van der Waals surface area contributed by atoms with Gasteiger partial charge in [0.25, 0.3) is 0 Å². The highest BCUT2D eigenvalue weighted by atomic mass is 35.5. The van der Waals surface area contributed by atoms with E-state index in [1.54, 1.807) is 11.8 Å². The van der Waals surface area contributed by atoms with Crippen LogP contribution in [0.5, 0.6) is 0 Å². The van der Waals surface area contributed by atoms with E-state index >= 15 is 0 Å². The molecule has 1 heterocycles. The minimum atomic E-state index is 0.0815. The average Bonchev–Trinajstić information content (AvgIpc) is 3.13. The molecular formula is C23H18ClNOS. The van der Waals surface area contributed by atoms with Gasteiger partial charge < -0.3 is 5.32 Å². The summed E-state index contributed by atoms with van der Waals surface area (Å²) >= 11 is 7.73. The molecule has 1 unspecified atom stereocenters. The molecule has 0 saturated heterocycles. The third kappa shape index (κ3) is 4.10. The molecule has 2 nitrogen and oxygen atoms in total. The number of hydrogen-bond donors (Lipinski definition) is 1. The molecule has 3 aromatic rings. The topological polar surface area (TPSA) is 29.1 Å². The van der Waals surface area contributed by atoms with Crippen LogP contribution in [0.3, 0.4) is 0 Å². The lowest BCUT2D eigenvalue weighted by Gasteiger charge is -2.11. The predicted octanol–water partition coefficient (Wildman–Crippen LogP) is 6.72. The lowest BCUT2D eigenvalue weighted by atomic mass is 9.98. The molecule has 0 aliphatic carbocycles. The van der Waals surface area contributed by atoms with Gasteiger partial charge in [-0.1, -0.05) is 84.0 Å². The highest BCUT2D eigenvalue weighted by Gasteiger charge is 2.31. The number of halogens is 1. The van der Waals surface area contributed by atoms with Crippen LogP contribution in [0.25, 0.3) is 0 Å². The molecule has 0 radical (unpaired) electrons. The Hall–Kier alpha value is -2.49. The molecule has 4 rings (SSSR count). The maximum atomic E-state index is 13.1. The van der Waals surface area contributed by atoms with Gasteiger partial charge in [0.15, 0.2) is 5.78 Å². The third-order valence-electron chi connectivity index (χ3n) is 4.51. The van der Waals surface area contributed by atoms with Gasteiger partial charge in [0.2, 0.25) is 0 Å². The highest BCUT2D eigenvalue weighted by Crippen LogP contribution is 2.48. The summed E-state index contributed by atoms with van der Waals surface area (Å²) in [7, 11) is 0. The van der Waals surface area contributed by atoms with Crippen LogP contribution < -0.4 is 5.32 Å². The minimum Gasteiger partial charge on any atom is -0.350 e. The van der Waals surface area contributed by atoms with Crippen molar-refractivity contribution < 1.29 is 4.79 Å². The molecule has 3 aromatic carbocycles. The van der Waals surface area contributed by atoms with E-state index in [2.05, 4.69) is 5.32 Å². The Morgan fingerprint density at radius 1 is 0.889 bits per heavy atom. The summed E-state index contributed by atoms with van der Waals surface area (Å²) in [5.74, 6) is 0.0815. The Morgan fingerprint density at radius 2 is 1.52 bits per heavy atom. The van der Waals surface area contributed by atoms with Crippen molar-refractivity contribution in [2.45, 2.75) is 11.7 Å². The van der Waals surface area contributed by atoms with E-state index in [0.717, 1.165) is 26.9 Å². The highest BCUT2D eigenvalue weighted by molar-refractivity contribution is 8.03. The molecule has 0 amide bonds. The van der Waals surface area contributed by atoms with Crippen molar-refractivity contribution in [2.75, 3.05) is 5.32 Å². The van der Waals surface area contributed by atoms with E-state index in [1.807, 2.05) is 84.9 Å². The standard InChI is InChI=1S/C23H18ClNOS/c24-18-13-11-16(12-14-18)21-15-20(22(26)17-7-3-1-4-8-17)23(27-21)25-19-9-5-2-6-10-19/h1-14,21,25H,15H2. The maximum Gasteiger partial charge on any atom is 0.191 e. The van der Waals surface area contributed by atoms with Gasteiger partial charge in [-0.3, -0.25) is 4.79 Å². The van der Waals surface area contributed by atoms with E-state index in [4.69, 9.17) is 11.6 Å². The number of rotatable bonds is 5. The summed E-state index contributed by atoms with van der Waals surface area (Å²) in [6.07, 6.45) is 0.690. The van der Waals surface area contributed by atoms with Crippen LogP contribution in [0.4, 0.5) is 5.69 Å². The molecule has 1 N–H and O–H groups in total. The first-order valence-corrected chi connectivity index (χ1v) is 10.0. The SMILES string of the molecule is O=C(C1=C(Nc2ccccc2)SC(c2ccc(Cl)cc2)C1)c1ccccc1. The summed E-state index contributed by atoms with van der Waals surface area (Å²) in [6, 6.07) is 27.3. The quantitative estimate of drug-likeness (QED) is 0.489. The van der Waals surface area contributed by atoms with Gasteiger partial charge in [0.05, 0.1) is 5.03 Å². The summed E-state index contributed by atoms with van der Waals surface area (Å²) in [6.45, 7) is 0. The first-order valence-electron chi connectivity index (χ1n) is 8.78. The Bertz CT molecular complexity index is 968. The number of ketones is 1. The number of benzene rings is 3. The molecule has 0 spiro atoms. The van der Waals surface area contributed by atoms with E-state index in [9.17, 15) is 4.79 Å². The van der Waals surface area contributed by atoms with Crippen LogP contribution in [0.1, 0.15) is 27.6 Å². The zero-order chi connectivity index (χ0) is 18.6. The summed E-state index contributed by atoms with van der Waals surface area (Å²) in [5, 5.41) is 5.29. The fourth-order valence-electron chi connectivity index (χ4n) is 3.11. The fourth-order valence-corrected chi connectivity index (χ4v) is 4.56. The number of thioether (sulfide) groups is 1.